The van der Waals surface area contributed by atoms with E-state index in [4.69, 9.17) is 15.0 Å². The molecule has 0 spiro atoms. The third kappa shape index (κ3) is 5.44. The summed E-state index contributed by atoms with van der Waals surface area (Å²) in [6.07, 6.45) is 0. The van der Waals surface area contributed by atoms with Crippen LogP contribution in [0, 0.1) is 0 Å². The number of hydrogen-bond donors (Lipinski definition) is 0. The number of fused-ring (bicyclic) bond motifs is 1. The molecule has 4 heteroatoms. The summed E-state index contributed by atoms with van der Waals surface area (Å²) in [7, 11) is 0. The summed E-state index contributed by atoms with van der Waals surface area (Å²) in [4.78, 5) is 14.7. The Labute approximate surface area is 266 Å². The van der Waals surface area contributed by atoms with E-state index in [1.165, 1.54) is 32.3 Å². The molecule has 0 aliphatic heterocycles. The average molecular weight is 594 g/mol. The highest BCUT2D eigenvalue weighted by Gasteiger charge is 2.13. The maximum absolute atomic E-state index is 4.93. The molecule has 0 fully saturated rings. The van der Waals surface area contributed by atoms with Crippen LogP contribution in [0.1, 0.15) is 0 Å². The van der Waals surface area contributed by atoms with Crippen LogP contribution in [0.4, 0.5) is 0 Å². The van der Waals surface area contributed by atoms with Crippen LogP contribution in [0.15, 0.2) is 163 Å². The topological polar surface area (TPSA) is 38.7 Å². The molecule has 6 aromatic carbocycles. The first-order valence-electron chi connectivity index (χ1n) is 14.9. The summed E-state index contributed by atoms with van der Waals surface area (Å²) in [6, 6.07) is 54.8. The van der Waals surface area contributed by atoms with Crippen molar-refractivity contribution in [3.05, 3.63) is 163 Å². The molecule has 8 rings (SSSR count). The van der Waals surface area contributed by atoms with Crippen molar-refractivity contribution in [3.8, 4) is 67.5 Å². The molecule has 0 aliphatic rings. The van der Waals surface area contributed by atoms with Crippen LogP contribution < -0.4 is 0 Å². The van der Waals surface area contributed by atoms with E-state index in [0.717, 1.165) is 27.8 Å². The maximum atomic E-state index is 4.93. The van der Waals surface area contributed by atoms with Crippen molar-refractivity contribution in [3.63, 3.8) is 0 Å². The molecule has 0 bridgehead atoms. The Hall–Kier alpha value is -5.71. The Morgan fingerprint density at radius 2 is 0.733 bits per heavy atom. The fourth-order valence-electron chi connectivity index (χ4n) is 5.72. The van der Waals surface area contributed by atoms with E-state index in [-0.39, 0.29) is 0 Å². The zero-order chi connectivity index (χ0) is 30.0. The molecule has 0 atom stereocenters. The van der Waals surface area contributed by atoms with Gasteiger partial charge in [0.15, 0.2) is 17.5 Å². The lowest BCUT2D eigenvalue weighted by Crippen LogP contribution is -2.00. The molecule has 0 saturated heterocycles. The molecular weight excluding hydrogens is 567 g/mol. The van der Waals surface area contributed by atoms with Crippen molar-refractivity contribution < 1.29 is 0 Å². The molecule has 0 radical (unpaired) electrons. The maximum Gasteiger partial charge on any atom is 0.164 e. The van der Waals surface area contributed by atoms with Crippen molar-refractivity contribution >= 4 is 21.4 Å². The van der Waals surface area contributed by atoms with Gasteiger partial charge in [-0.2, -0.15) is 0 Å². The van der Waals surface area contributed by atoms with Gasteiger partial charge in [-0.05, 0) is 57.5 Å². The molecule has 0 aliphatic carbocycles. The SMILES string of the molecule is c1ccc(-c2nc(-c3ccccc3)nc(-c3cccc(-c4cccc(-c5cccc(-c6csc7ccccc67)c5)c4)c3)n2)cc1. The van der Waals surface area contributed by atoms with Gasteiger partial charge in [0.25, 0.3) is 0 Å². The predicted molar refractivity (Wildman–Crippen MR) is 188 cm³/mol. The highest BCUT2D eigenvalue weighted by atomic mass is 32.1. The Morgan fingerprint density at radius 3 is 1.31 bits per heavy atom. The van der Waals surface area contributed by atoms with Gasteiger partial charge in [-0.15, -0.1) is 11.3 Å². The minimum absolute atomic E-state index is 0.649. The minimum Gasteiger partial charge on any atom is -0.208 e. The molecular formula is C41H27N3S. The molecule has 0 amide bonds. The number of hydrogen-bond acceptors (Lipinski definition) is 4. The van der Waals surface area contributed by atoms with Gasteiger partial charge >= 0.3 is 0 Å². The highest BCUT2D eigenvalue weighted by molar-refractivity contribution is 7.17. The second-order valence-electron chi connectivity index (χ2n) is 10.9. The van der Waals surface area contributed by atoms with E-state index in [9.17, 15) is 0 Å². The van der Waals surface area contributed by atoms with Gasteiger partial charge in [0.05, 0.1) is 0 Å². The molecule has 212 valence electrons. The standard InChI is InChI=1S/C41H27N3S/c1-3-12-28(13-4-1)39-42-40(29-14-5-2-6-15-29)44-41(43-39)35-21-11-19-33(26-35)31-17-9-16-30(24-31)32-18-10-20-34(25-32)37-27-45-38-23-8-7-22-36(37)38/h1-27H. The summed E-state index contributed by atoms with van der Waals surface area (Å²) in [5.74, 6) is 1.96. The van der Waals surface area contributed by atoms with Crippen LogP contribution in [0.3, 0.4) is 0 Å². The van der Waals surface area contributed by atoms with Crippen molar-refractivity contribution in [1.29, 1.82) is 0 Å². The van der Waals surface area contributed by atoms with Crippen molar-refractivity contribution in [2.45, 2.75) is 0 Å². The van der Waals surface area contributed by atoms with Crippen LogP contribution in [-0.2, 0) is 0 Å². The largest absolute Gasteiger partial charge is 0.208 e. The van der Waals surface area contributed by atoms with E-state index in [0.29, 0.717) is 17.5 Å². The Morgan fingerprint density at radius 1 is 0.333 bits per heavy atom. The van der Waals surface area contributed by atoms with E-state index in [1.54, 1.807) is 11.3 Å². The number of benzene rings is 6. The van der Waals surface area contributed by atoms with Crippen LogP contribution in [-0.4, -0.2) is 15.0 Å². The third-order valence-electron chi connectivity index (χ3n) is 8.00. The second kappa shape index (κ2) is 11.8. The number of aromatic nitrogens is 3. The second-order valence-corrected chi connectivity index (χ2v) is 11.8. The number of thiophene rings is 1. The van der Waals surface area contributed by atoms with E-state index >= 15 is 0 Å². The van der Waals surface area contributed by atoms with E-state index in [1.807, 2.05) is 60.7 Å². The van der Waals surface area contributed by atoms with Gasteiger partial charge in [0.2, 0.25) is 0 Å². The normalized spacial score (nSPS) is 11.1. The van der Waals surface area contributed by atoms with Crippen LogP contribution in [0.25, 0.3) is 77.6 Å². The van der Waals surface area contributed by atoms with E-state index in [2.05, 4.69) is 102 Å². The van der Waals surface area contributed by atoms with Crippen molar-refractivity contribution in [2.24, 2.45) is 0 Å². The smallest absolute Gasteiger partial charge is 0.164 e. The third-order valence-corrected chi connectivity index (χ3v) is 8.97. The molecule has 0 N–H and O–H groups in total. The first-order valence-corrected chi connectivity index (χ1v) is 15.8. The highest BCUT2D eigenvalue weighted by Crippen LogP contribution is 2.36. The zero-order valence-corrected chi connectivity index (χ0v) is 25.2. The van der Waals surface area contributed by atoms with Crippen LogP contribution in [0.2, 0.25) is 0 Å². The van der Waals surface area contributed by atoms with Crippen LogP contribution in [0.5, 0.6) is 0 Å². The molecule has 0 saturated carbocycles. The Kier molecular flexibility index (Phi) is 7.02. The summed E-state index contributed by atoms with van der Waals surface area (Å²) in [5.41, 5.74) is 9.99. The lowest BCUT2D eigenvalue weighted by atomic mass is 9.95. The van der Waals surface area contributed by atoms with Gasteiger partial charge < -0.3 is 0 Å². The Balaban J connectivity index is 1.17. The fraction of sp³-hybridized carbons (Fsp3) is 0. The molecule has 2 heterocycles. The molecule has 8 aromatic rings. The molecule has 2 aromatic heterocycles. The van der Waals surface area contributed by atoms with Gasteiger partial charge in [0.1, 0.15) is 0 Å². The van der Waals surface area contributed by atoms with Crippen LogP contribution >= 0.6 is 11.3 Å². The first kappa shape index (κ1) is 26.9. The summed E-state index contributed by atoms with van der Waals surface area (Å²) in [5, 5.41) is 3.56. The monoisotopic (exact) mass is 593 g/mol. The summed E-state index contributed by atoms with van der Waals surface area (Å²) >= 11 is 1.79. The van der Waals surface area contributed by atoms with Gasteiger partial charge in [-0.3, -0.25) is 0 Å². The Bertz CT molecular complexity index is 2220. The lowest BCUT2D eigenvalue weighted by molar-refractivity contribution is 1.07. The molecule has 0 unspecified atom stereocenters. The van der Waals surface area contributed by atoms with Crippen molar-refractivity contribution in [1.82, 2.24) is 15.0 Å². The van der Waals surface area contributed by atoms with Crippen molar-refractivity contribution in [2.75, 3.05) is 0 Å². The zero-order valence-electron chi connectivity index (χ0n) is 24.3. The van der Waals surface area contributed by atoms with Gasteiger partial charge in [0, 0.05) is 32.3 Å². The summed E-state index contributed by atoms with van der Waals surface area (Å²) < 4.78 is 1.31. The first-order chi connectivity index (χ1) is 22.3. The lowest BCUT2D eigenvalue weighted by Gasteiger charge is -2.11. The fourth-order valence-corrected chi connectivity index (χ4v) is 6.69. The number of rotatable bonds is 6. The molecule has 3 nitrogen and oxygen atoms in total. The average Bonchev–Trinajstić information content (AvgIpc) is 3.57. The predicted octanol–water partition coefficient (Wildman–Crippen LogP) is 11.1. The quantitative estimate of drug-likeness (QED) is 0.192. The number of nitrogens with zero attached hydrogens (tertiary/aromatic N) is 3. The van der Waals surface area contributed by atoms with Gasteiger partial charge in [-0.25, -0.2) is 15.0 Å². The minimum atomic E-state index is 0.649. The van der Waals surface area contributed by atoms with E-state index < -0.39 is 0 Å². The summed E-state index contributed by atoms with van der Waals surface area (Å²) in [6.45, 7) is 0. The van der Waals surface area contributed by atoms with Gasteiger partial charge in [-0.1, -0.05) is 133 Å². The molecule has 45 heavy (non-hydrogen) atoms.